The van der Waals surface area contributed by atoms with Crippen LogP contribution in [0.3, 0.4) is 0 Å². The number of rotatable bonds is 12. The van der Waals surface area contributed by atoms with E-state index in [2.05, 4.69) is 43.5 Å². The fraction of sp³-hybridized carbons (Fsp3) is 0.276. The highest BCUT2D eigenvalue weighted by atomic mass is 16.5. The lowest BCUT2D eigenvalue weighted by Gasteiger charge is -2.26. The number of anilines is 5. The molecule has 3 rings (SSSR count). The van der Waals surface area contributed by atoms with Crippen LogP contribution in [0.5, 0.6) is 5.75 Å². The van der Waals surface area contributed by atoms with Crippen LogP contribution in [0.1, 0.15) is 18.1 Å². The molecule has 1 heterocycles. The molecular formula is C29H36N9O2+. The number of hydrogen-bond acceptors (Lipinski definition) is 9. The first kappa shape index (κ1) is 29.6. The van der Waals surface area contributed by atoms with Gasteiger partial charge in [0.25, 0.3) is 0 Å². The third-order valence-electron chi connectivity index (χ3n) is 6.19. The first-order valence-electron chi connectivity index (χ1n) is 12.6. The molecule has 0 bridgehead atoms. The Balaban J connectivity index is 2.05. The molecule has 3 aromatic rings. The number of carbonyl (C=O) groups is 1. The number of nitrogens with two attached hydrogens (primary N) is 1. The quantitative estimate of drug-likeness (QED) is 0.200. The number of ether oxygens (including phenoxy) is 1. The van der Waals surface area contributed by atoms with Crippen LogP contribution in [-0.2, 0) is 4.79 Å². The van der Waals surface area contributed by atoms with Crippen LogP contribution < -0.4 is 31.0 Å². The fourth-order valence-corrected chi connectivity index (χ4v) is 4.06. The summed E-state index contributed by atoms with van der Waals surface area (Å²) in [7, 11) is 9.28. The van der Waals surface area contributed by atoms with Crippen molar-refractivity contribution in [3.8, 4) is 23.1 Å². The maximum absolute atomic E-state index is 12.3. The Hall–Kier alpha value is -4.95. The van der Waals surface area contributed by atoms with E-state index in [-0.39, 0.29) is 5.91 Å². The Morgan fingerprint density at radius 3 is 2.55 bits per heavy atom. The number of nitrogens with zero attached hydrogens (tertiary/aromatic N) is 5. The van der Waals surface area contributed by atoms with E-state index < -0.39 is 0 Å². The minimum absolute atomic E-state index is 0.303. The highest BCUT2D eigenvalue weighted by molar-refractivity contribution is 6.03. The maximum Gasteiger partial charge on any atom is 0.247 e. The van der Waals surface area contributed by atoms with Crippen molar-refractivity contribution in [3.63, 3.8) is 0 Å². The van der Waals surface area contributed by atoms with Crippen molar-refractivity contribution in [2.75, 3.05) is 69.2 Å². The van der Waals surface area contributed by atoms with Gasteiger partial charge in [-0.1, -0.05) is 6.58 Å². The zero-order valence-electron chi connectivity index (χ0n) is 23.8. The lowest BCUT2D eigenvalue weighted by molar-refractivity contribution is -0.113. The topological polar surface area (TPSA) is 144 Å². The summed E-state index contributed by atoms with van der Waals surface area (Å²) in [5.74, 6) is 0.507. The van der Waals surface area contributed by atoms with E-state index in [1.165, 1.54) is 6.08 Å². The first-order valence-corrected chi connectivity index (χ1v) is 12.6. The standard InChI is InChI=1S/C29H35N9O2/c1-8-27(39)34-23-15-24(26(40-7)16-25(23)38(6)12-11-37(4)5)36-29-33-10-9-22(35-29)19-13-20(17-30)28(32-3)21(14-19)18(2)31/h8-10,13-16,31-32H,1,11-12H2,2-7H3,(H,34,39)(H,33,35,36)/p+1. The summed E-state index contributed by atoms with van der Waals surface area (Å²) in [5, 5.41) is 25.0. The molecule has 11 nitrogen and oxygen atoms in total. The van der Waals surface area contributed by atoms with Gasteiger partial charge in [0, 0.05) is 51.9 Å². The number of methoxy groups -OCH3 is 1. The van der Waals surface area contributed by atoms with Crippen LogP contribution in [0.25, 0.3) is 11.3 Å². The van der Waals surface area contributed by atoms with Gasteiger partial charge in [-0.3, -0.25) is 10.2 Å². The van der Waals surface area contributed by atoms with Gasteiger partial charge in [-0.15, -0.1) is 0 Å². The third kappa shape index (κ3) is 6.92. The van der Waals surface area contributed by atoms with Crippen molar-refractivity contribution in [3.05, 3.63) is 60.3 Å². The van der Waals surface area contributed by atoms with Crippen LogP contribution in [0, 0.1) is 11.3 Å². The summed E-state index contributed by atoms with van der Waals surface area (Å²) in [6.07, 6.45) is 2.84. The number of amides is 1. The number of benzene rings is 2. The van der Waals surface area contributed by atoms with Crippen molar-refractivity contribution >= 4 is 40.3 Å². The number of carbonyl (C=O) groups excluding carboxylic acids is 1. The van der Waals surface area contributed by atoms with Gasteiger partial charge in [0.1, 0.15) is 11.8 Å². The van der Waals surface area contributed by atoms with Crippen molar-refractivity contribution < 1.29 is 14.9 Å². The molecule has 0 atom stereocenters. The van der Waals surface area contributed by atoms with E-state index in [0.717, 1.165) is 24.3 Å². The van der Waals surface area contributed by atoms with Gasteiger partial charge in [0.2, 0.25) is 11.9 Å². The van der Waals surface area contributed by atoms with Gasteiger partial charge >= 0.3 is 0 Å². The van der Waals surface area contributed by atoms with Crippen molar-refractivity contribution in [2.45, 2.75) is 6.92 Å². The van der Waals surface area contributed by atoms with Gasteiger partial charge < -0.3 is 30.5 Å². The Morgan fingerprint density at radius 2 is 1.95 bits per heavy atom. The Labute approximate surface area is 235 Å². The van der Waals surface area contributed by atoms with Crippen molar-refractivity contribution in [1.82, 2.24) is 14.9 Å². The average Bonchev–Trinajstić information content (AvgIpc) is 2.95. The summed E-state index contributed by atoms with van der Waals surface area (Å²) >= 11 is 0. The SMILES string of the molecule is C=CC(=O)Nc1cc(Nc2nccc(-c3cc(C#N)c(NC)c(C(C)=[NH2+])c3)n2)c(OC)cc1N(C)CCN(C)C. The third-order valence-corrected chi connectivity index (χ3v) is 6.19. The number of nitrogens with one attached hydrogen (secondary N) is 3. The Kier molecular flexibility index (Phi) is 9.78. The van der Waals surface area contributed by atoms with Gasteiger partial charge in [-0.2, -0.15) is 5.26 Å². The van der Waals surface area contributed by atoms with Gasteiger partial charge in [0.15, 0.2) is 5.71 Å². The number of hydrogen-bond donors (Lipinski definition) is 4. The summed E-state index contributed by atoms with van der Waals surface area (Å²) in [6, 6.07) is 11.2. The van der Waals surface area contributed by atoms with E-state index in [0.29, 0.717) is 51.3 Å². The summed E-state index contributed by atoms with van der Waals surface area (Å²) in [4.78, 5) is 25.4. The lowest BCUT2D eigenvalue weighted by atomic mass is 9.98. The van der Waals surface area contributed by atoms with Gasteiger partial charge in [-0.05, 0) is 44.4 Å². The van der Waals surface area contributed by atoms with Gasteiger partial charge in [-0.25, -0.2) is 9.97 Å². The molecule has 0 aliphatic rings. The monoisotopic (exact) mass is 542 g/mol. The van der Waals surface area contributed by atoms with E-state index in [1.54, 1.807) is 45.5 Å². The zero-order valence-corrected chi connectivity index (χ0v) is 23.8. The van der Waals surface area contributed by atoms with Gasteiger partial charge in [0.05, 0.1) is 46.7 Å². The van der Waals surface area contributed by atoms with Crippen molar-refractivity contribution in [2.24, 2.45) is 0 Å². The second kappa shape index (κ2) is 13.2. The van der Waals surface area contributed by atoms with Crippen LogP contribution >= 0.6 is 0 Å². The molecule has 5 N–H and O–H groups in total. The predicted octanol–water partition coefficient (Wildman–Crippen LogP) is 2.50. The molecule has 0 saturated carbocycles. The molecule has 0 saturated heterocycles. The molecule has 1 aromatic heterocycles. The number of likely N-dealkylation sites (N-methyl/N-ethyl adjacent to an activating group) is 2. The molecule has 1 amide bonds. The van der Waals surface area contributed by atoms with Crippen molar-refractivity contribution in [1.29, 1.82) is 5.26 Å². The maximum atomic E-state index is 12.3. The molecule has 0 unspecified atom stereocenters. The smallest absolute Gasteiger partial charge is 0.247 e. The molecule has 2 aromatic carbocycles. The second-order valence-electron chi connectivity index (χ2n) is 9.37. The summed E-state index contributed by atoms with van der Waals surface area (Å²) < 4.78 is 5.69. The minimum atomic E-state index is -0.335. The van der Waals surface area contributed by atoms with Crippen LogP contribution in [0.4, 0.5) is 28.7 Å². The minimum Gasteiger partial charge on any atom is -0.494 e. The highest BCUT2D eigenvalue weighted by Gasteiger charge is 2.18. The molecule has 0 aliphatic carbocycles. The Bertz CT molecular complexity index is 1460. The molecule has 0 fully saturated rings. The zero-order chi connectivity index (χ0) is 29.4. The second-order valence-corrected chi connectivity index (χ2v) is 9.37. The summed E-state index contributed by atoms with van der Waals surface area (Å²) in [6.45, 7) is 6.90. The predicted molar refractivity (Wildman–Crippen MR) is 160 cm³/mol. The van der Waals surface area contributed by atoms with Crippen LogP contribution in [-0.4, -0.2) is 74.9 Å². The highest BCUT2D eigenvalue weighted by Crippen LogP contribution is 2.38. The number of nitriles is 1. The molecule has 0 aliphatic heterocycles. The van der Waals surface area contributed by atoms with Crippen LogP contribution in [0.2, 0.25) is 0 Å². The fourth-order valence-electron chi connectivity index (χ4n) is 4.06. The molecule has 11 heteroatoms. The van der Waals surface area contributed by atoms with E-state index in [9.17, 15) is 10.1 Å². The van der Waals surface area contributed by atoms with E-state index >= 15 is 0 Å². The number of aromatic nitrogens is 2. The largest absolute Gasteiger partial charge is 0.494 e. The van der Waals surface area contributed by atoms with E-state index in [4.69, 9.17) is 10.1 Å². The average molecular weight is 543 g/mol. The molecule has 40 heavy (non-hydrogen) atoms. The first-order chi connectivity index (χ1) is 19.1. The lowest BCUT2D eigenvalue weighted by Crippen LogP contribution is -2.38. The molecule has 0 spiro atoms. The molecule has 208 valence electrons. The normalized spacial score (nSPS) is 10.4. The molecule has 0 radical (unpaired) electrons. The Morgan fingerprint density at radius 1 is 1.20 bits per heavy atom. The summed E-state index contributed by atoms with van der Waals surface area (Å²) in [5.41, 5.74) is 5.63. The van der Waals surface area contributed by atoms with E-state index in [1.807, 2.05) is 38.2 Å². The molecular weight excluding hydrogens is 506 g/mol. The van der Waals surface area contributed by atoms with Crippen LogP contribution in [0.15, 0.2) is 49.2 Å².